The fraction of sp³-hybridized carbons (Fsp3) is 0.167. The summed E-state index contributed by atoms with van der Waals surface area (Å²) in [5.41, 5.74) is 8.28. The maximum atomic E-state index is 14.0. The zero-order chi connectivity index (χ0) is 12.6. The van der Waals surface area contributed by atoms with Crippen molar-refractivity contribution in [1.82, 2.24) is 10.2 Å². The molecule has 0 amide bonds. The maximum absolute atomic E-state index is 14.0. The molecule has 0 aliphatic carbocycles. The predicted molar refractivity (Wildman–Crippen MR) is 69.0 cm³/mol. The van der Waals surface area contributed by atoms with Gasteiger partial charge in [-0.2, -0.15) is 0 Å². The van der Waals surface area contributed by atoms with E-state index in [2.05, 4.69) is 26.1 Å². The predicted octanol–water partition coefficient (Wildman–Crippen LogP) is 3.24. The van der Waals surface area contributed by atoms with Crippen molar-refractivity contribution in [2.24, 2.45) is 0 Å². The highest BCUT2D eigenvalue weighted by atomic mass is 79.9. The topological polar surface area (TPSA) is 51.8 Å². The molecule has 2 aromatic rings. The first-order chi connectivity index (χ1) is 8.02. The van der Waals surface area contributed by atoms with Crippen LogP contribution < -0.4 is 5.73 Å². The lowest BCUT2D eigenvalue weighted by Crippen LogP contribution is -2.03. The minimum absolute atomic E-state index is 0.339. The fourth-order valence-electron chi connectivity index (χ4n) is 1.57. The Hall–Kier alpha value is -1.49. The van der Waals surface area contributed by atoms with Crippen molar-refractivity contribution >= 4 is 21.7 Å². The molecule has 1 aromatic carbocycles. The summed E-state index contributed by atoms with van der Waals surface area (Å²) in [6.07, 6.45) is 0. The van der Waals surface area contributed by atoms with Gasteiger partial charge in [0.2, 0.25) is 0 Å². The van der Waals surface area contributed by atoms with Crippen LogP contribution >= 0.6 is 15.9 Å². The third-order valence-electron chi connectivity index (χ3n) is 2.77. The van der Waals surface area contributed by atoms with Gasteiger partial charge in [-0.25, -0.2) is 4.39 Å². The van der Waals surface area contributed by atoms with Gasteiger partial charge in [-0.3, -0.25) is 0 Å². The molecular weight excluding hydrogens is 285 g/mol. The summed E-state index contributed by atoms with van der Waals surface area (Å²) in [4.78, 5) is 0. The van der Waals surface area contributed by atoms with Crippen LogP contribution in [-0.2, 0) is 0 Å². The van der Waals surface area contributed by atoms with E-state index in [1.807, 2.05) is 13.8 Å². The van der Waals surface area contributed by atoms with Gasteiger partial charge in [0.05, 0.1) is 10.2 Å². The Kier molecular flexibility index (Phi) is 3.11. The monoisotopic (exact) mass is 295 g/mol. The van der Waals surface area contributed by atoms with Crippen LogP contribution in [-0.4, -0.2) is 10.2 Å². The second kappa shape index (κ2) is 4.41. The number of nitrogen functional groups attached to an aromatic ring is 1. The average Bonchev–Trinajstić information content (AvgIpc) is 2.31. The van der Waals surface area contributed by atoms with Crippen molar-refractivity contribution in [3.05, 3.63) is 39.6 Å². The van der Waals surface area contributed by atoms with Crippen molar-refractivity contribution in [2.45, 2.75) is 13.8 Å². The van der Waals surface area contributed by atoms with E-state index in [0.717, 1.165) is 11.1 Å². The molecule has 5 heteroatoms. The third kappa shape index (κ3) is 2.02. The second-order valence-electron chi connectivity index (χ2n) is 3.79. The van der Waals surface area contributed by atoms with E-state index in [4.69, 9.17) is 5.73 Å². The van der Waals surface area contributed by atoms with Gasteiger partial charge in [-0.05, 0) is 53.0 Å². The van der Waals surface area contributed by atoms with Crippen molar-refractivity contribution in [2.75, 3.05) is 5.73 Å². The maximum Gasteiger partial charge on any atom is 0.149 e. The van der Waals surface area contributed by atoms with Crippen LogP contribution in [0.4, 0.5) is 10.2 Å². The number of hydrogen-bond acceptors (Lipinski definition) is 3. The number of aromatic nitrogens is 2. The summed E-state index contributed by atoms with van der Waals surface area (Å²) >= 11 is 3.15. The standard InChI is InChI=1S/C12H11BrFN3/c1-6-7(2)12(15)17-16-11(6)8-4-3-5-9(13)10(8)14/h3-5H,1-2H3,(H2,15,17). The molecular formula is C12H11BrFN3. The molecule has 0 spiro atoms. The molecule has 0 unspecified atom stereocenters. The van der Waals surface area contributed by atoms with E-state index >= 15 is 0 Å². The molecule has 0 saturated carbocycles. The lowest BCUT2D eigenvalue weighted by atomic mass is 10.0. The number of benzene rings is 1. The minimum atomic E-state index is -0.339. The summed E-state index contributed by atoms with van der Waals surface area (Å²) in [6, 6.07) is 5.08. The van der Waals surface area contributed by atoms with Gasteiger partial charge in [-0.1, -0.05) is 6.07 Å². The van der Waals surface area contributed by atoms with Gasteiger partial charge in [0.15, 0.2) is 0 Å². The van der Waals surface area contributed by atoms with Crippen molar-refractivity contribution < 1.29 is 4.39 Å². The number of nitrogens with two attached hydrogens (primary N) is 1. The van der Waals surface area contributed by atoms with E-state index in [0.29, 0.717) is 21.5 Å². The van der Waals surface area contributed by atoms with Crippen molar-refractivity contribution in [3.8, 4) is 11.3 Å². The van der Waals surface area contributed by atoms with E-state index in [9.17, 15) is 4.39 Å². The number of nitrogens with zero attached hydrogens (tertiary/aromatic N) is 2. The normalized spacial score (nSPS) is 10.6. The molecule has 0 radical (unpaired) electrons. The summed E-state index contributed by atoms with van der Waals surface area (Å²) < 4.78 is 14.4. The summed E-state index contributed by atoms with van der Waals surface area (Å²) in [5.74, 6) is 0.0377. The Morgan fingerprint density at radius 1 is 1.18 bits per heavy atom. The Labute approximate surface area is 107 Å². The van der Waals surface area contributed by atoms with Crippen LogP contribution in [0.25, 0.3) is 11.3 Å². The van der Waals surface area contributed by atoms with Crippen molar-refractivity contribution in [3.63, 3.8) is 0 Å². The molecule has 17 heavy (non-hydrogen) atoms. The Morgan fingerprint density at radius 2 is 1.88 bits per heavy atom. The highest BCUT2D eigenvalue weighted by Gasteiger charge is 2.14. The van der Waals surface area contributed by atoms with E-state index in [1.54, 1.807) is 18.2 Å². The van der Waals surface area contributed by atoms with Gasteiger partial charge < -0.3 is 5.73 Å². The molecule has 0 saturated heterocycles. The van der Waals surface area contributed by atoms with Crippen LogP contribution in [0.2, 0.25) is 0 Å². The summed E-state index contributed by atoms with van der Waals surface area (Å²) in [7, 11) is 0. The molecule has 88 valence electrons. The molecule has 0 atom stereocenters. The lowest BCUT2D eigenvalue weighted by Gasteiger charge is -2.10. The van der Waals surface area contributed by atoms with Gasteiger partial charge in [0.25, 0.3) is 0 Å². The molecule has 1 heterocycles. The Balaban J connectivity index is 2.69. The molecule has 0 bridgehead atoms. The Morgan fingerprint density at radius 3 is 2.59 bits per heavy atom. The summed E-state index contributed by atoms with van der Waals surface area (Å²) in [5, 5.41) is 7.81. The van der Waals surface area contributed by atoms with Crippen LogP contribution in [0.5, 0.6) is 0 Å². The zero-order valence-corrected chi connectivity index (χ0v) is 11.0. The SMILES string of the molecule is Cc1c(N)nnc(-c2cccc(Br)c2F)c1C. The van der Waals surface area contributed by atoms with Gasteiger partial charge in [0.1, 0.15) is 11.6 Å². The largest absolute Gasteiger partial charge is 0.382 e. The van der Waals surface area contributed by atoms with Crippen LogP contribution in [0.1, 0.15) is 11.1 Å². The third-order valence-corrected chi connectivity index (χ3v) is 3.38. The number of rotatable bonds is 1. The van der Waals surface area contributed by atoms with Crippen LogP contribution in [0, 0.1) is 19.7 Å². The molecule has 0 fully saturated rings. The van der Waals surface area contributed by atoms with E-state index in [-0.39, 0.29) is 5.82 Å². The number of anilines is 1. The average molecular weight is 296 g/mol. The highest BCUT2D eigenvalue weighted by Crippen LogP contribution is 2.30. The van der Waals surface area contributed by atoms with E-state index in [1.165, 1.54) is 0 Å². The molecule has 2 N–H and O–H groups in total. The summed E-state index contributed by atoms with van der Waals surface area (Å²) in [6.45, 7) is 3.70. The smallest absolute Gasteiger partial charge is 0.149 e. The molecule has 2 rings (SSSR count). The lowest BCUT2D eigenvalue weighted by molar-refractivity contribution is 0.623. The first-order valence-electron chi connectivity index (χ1n) is 5.06. The van der Waals surface area contributed by atoms with Crippen LogP contribution in [0.3, 0.4) is 0 Å². The van der Waals surface area contributed by atoms with E-state index < -0.39 is 0 Å². The molecule has 0 aliphatic heterocycles. The Bertz CT molecular complexity index is 584. The van der Waals surface area contributed by atoms with Crippen LogP contribution in [0.15, 0.2) is 22.7 Å². The van der Waals surface area contributed by atoms with Gasteiger partial charge in [-0.15, -0.1) is 10.2 Å². The zero-order valence-electron chi connectivity index (χ0n) is 9.46. The minimum Gasteiger partial charge on any atom is -0.382 e. The molecule has 1 aromatic heterocycles. The first-order valence-corrected chi connectivity index (χ1v) is 5.85. The number of hydrogen-bond donors (Lipinski definition) is 1. The highest BCUT2D eigenvalue weighted by molar-refractivity contribution is 9.10. The number of halogens is 2. The quantitative estimate of drug-likeness (QED) is 0.879. The first kappa shape index (κ1) is 12.0. The van der Waals surface area contributed by atoms with Gasteiger partial charge in [0, 0.05) is 5.56 Å². The fourth-order valence-corrected chi connectivity index (χ4v) is 1.93. The molecule has 0 aliphatic rings. The second-order valence-corrected chi connectivity index (χ2v) is 4.64. The van der Waals surface area contributed by atoms with Gasteiger partial charge >= 0.3 is 0 Å². The van der Waals surface area contributed by atoms with Crippen molar-refractivity contribution in [1.29, 1.82) is 0 Å². The molecule has 3 nitrogen and oxygen atoms in total.